The summed E-state index contributed by atoms with van der Waals surface area (Å²) >= 11 is 0. The summed E-state index contributed by atoms with van der Waals surface area (Å²) < 4.78 is 5.51. The van der Waals surface area contributed by atoms with Gasteiger partial charge in [0.05, 0.1) is 17.8 Å². The van der Waals surface area contributed by atoms with E-state index < -0.39 is 5.60 Å². The molecule has 7 nitrogen and oxygen atoms in total. The molecule has 0 bridgehead atoms. The van der Waals surface area contributed by atoms with Crippen molar-refractivity contribution < 1.29 is 14.3 Å². The number of aromatic nitrogens is 1. The number of piperazine rings is 1. The molecule has 0 aromatic carbocycles. The molecule has 25 heavy (non-hydrogen) atoms. The van der Waals surface area contributed by atoms with Crippen LogP contribution in [0.4, 0.5) is 4.79 Å². The van der Waals surface area contributed by atoms with Crippen LogP contribution < -0.4 is 5.32 Å². The predicted molar refractivity (Wildman–Crippen MR) is 93.2 cm³/mol. The molecule has 2 aliphatic heterocycles. The van der Waals surface area contributed by atoms with Crippen LogP contribution in [-0.2, 0) is 11.3 Å². The summed E-state index contributed by atoms with van der Waals surface area (Å²) in [4.78, 5) is 32.7. The summed E-state index contributed by atoms with van der Waals surface area (Å²) in [5.74, 6) is 0.00680. The molecule has 2 atom stereocenters. The van der Waals surface area contributed by atoms with E-state index in [1.54, 1.807) is 22.1 Å². The molecule has 136 valence electrons. The van der Waals surface area contributed by atoms with Crippen LogP contribution in [0.25, 0.3) is 0 Å². The van der Waals surface area contributed by atoms with Gasteiger partial charge in [0, 0.05) is 37.9 Å². The summed E-state index contributed by atoms with van der Waals surface area (Å²) in [6.07, 6.45) is 1.41. The largest absolute Gasteiger partial charge is 0.444 e. The van der Waals surface area contributed by atoms with Crippen molar-refractivity contribution in [2.24, 2.45) is 0 Å². The third-order valence-corrected chi connectivity index (χ3v) is 4.47. The third kappa shape index (κ3) is 3.92. The number of carbonyl (C=O) groups excluding carboxylic acids is 2. The molecule has 1 saturated heterocycles. The van der Waals surface area contributed by atoms with Crippen molar-refractivity contribution in [3.8, 4) is 0 Å². The van der Waals surface area contributed by atoms with E-state index in [-0.39, 0.29) is 24.1 Å². The van der Waals surface area contributed by atoms with E-state index in [4.69, 9.17) is 4.74 Å². The van der Waals surface area contributed by atoms with Crippen molar-refractivity contribution in [1.82, 2.24) is 20.1 Å². The molecular weight excluding hydrogens is 320 g/mol. The minimum Gasteiger partial charge on any atom is -0.444 e. The maximum atomic E-state index is 12.5. The van der Waals surface area contributed by atoms with Gasteiger partial charge in [-0.25, -0.2) is 4.79 Å². The predicted octanol–water partition coefficient (Wildman–Crippen LogP) is 1.63. The van der Waals surface area contributed by atoms with E-state index in [0.29, 0.717) is 31.7 Å². The Kier molecular flexibility index (Phi) is 4.69. The first-order valence-corrected chi connectivity index (χ1v) is 8.71. The van der Waals surface area contributed by atoms with Crippen molar-refractivity contribution in [3.63, 3.8) is 0 Å². The van der Waals surface area contributed by atoms with Crippen LogP contribution in [0, 0.1) is 0 Å². The molecular formula is C18H26N4O3. The summed E-state index contributed by atoms with van der Waals surface area (Å²) in [6.45, 7) is 9.85. The Labute approximate surface area is 148 Å². The van der Waals surface area contributed by atoms with Gasteiger partial charge in [0.1, 0.15) is 5.60 Å². The maximum absolute atomic E-state index is 12.5. The third-order valence-electron chi connectivity index (χ3n) is 4.47. The average molecular weight is 346 g/mol. The second-order valence-corrected chi connectivity index (χ2v) is 7.77. The molecule has 1 fully saturated rings. The van der Waals surface area contributed by atoms with Crippen LogP contribution in [0.15, 0.2) is 18.3 Å². The van der Waals surface area contributed by atoms with Crippen LogP contribution >= 0.6 is 0 Å². The van der Waals surface area contributed by atoms with Crippen molar-refractivity contribution in [3.05, 3.63) is 29.6 Å². The van der Waals surface area contributed by atoms with Crippen LogP contribution in [0.5, 0.6) is 0 Å². The number of pyridine rings is 1. The molecule has 2 amide bonds. The van der Waals surface area contributed by atoms with Gasteiger partial charge >= 0.3 is 6.09 Å². The molecule has 1 aromatic heterocycles. The first kappa shape index (κ1) is 17.7. The molecule has 0 spiro atoms. The lowest BCUT2D eigenvalue weighted by atomic mass is 10.1. The van der Waals surface area contributed by atoms with Crippen molar-refractivity contribution in [2.75, 3.05) is 19.6 Å². The van der Waals surface area contributed by atoms with Gasteiger partial charge < -0.3 is 19.9 Å². The lowest BCUT2D eigenvalue weighted by Crippen LogP contribution is -2.60. The molecule has 7 heteroatoms. The summed E-state index contributed by atoms with van der Waals surface area (Å²) in [5.41, 5.74) is 0.978. The van der Waals surface area contributed by atoms with Gasteiger partial charge in [-0.3, -0.25) is 9.78 Å². The normalized spacial score (nSPS) is 23.6. The Morgan fingerprint density at radius 1 is 1.44 bits per heavy atom. The van der Waals surface area contributed by atoms with Crippen molar-refractivity contribution in [1.29, 1.82) is 0 Å². The number of carbonyl (C=O) groups is 2. The van der Waals surface area contributed by atoms with E-state index in [9.17, 15) is 9.59 Å². The molecule has 0 saturated carbocycles. The number of ether oxygens (including phenoxy) is 1. The van der Waals surface area contributed by atoms with Gasteiger partial charge in [-0.1, -0.05) is 0 Å². The summed E-state index contributed by atoms with van der Waals surface area (Å²) in [6, 6.07) is 3.67. The van der Waals surface area contributed by atoms with E-state index in [1.807, 2.05) is 33.8 Å². The Morgan fingerprint density at radius 3 is 2.88 bits per heavy atom. The van der Waals surface area contributed by atoms with E-state index in [0.717, 1.165) is 5.69 Å². The molecule has 2 aliphatic rings. The highest BCUT2D eigenvalue weighted by atomic mass is 16.6. The van der Waals surface area contributed by atoms with E-state index in [1.165, 1.54) is 0 Å². The fraction of sp³-hybridized carbons (Fsp3) is 0.611. The molecule has 0 radical (unpaired) electrons. The molecule has 3 heterocycles. The van der Waals surface area contributed by atoms with Gasteiger partial charge in [0.15, 0.2) is 0 Å². The van der Waals surface area contributed by atoms with E-state index >= 15 is 0 Å². The maximum Gasteiger partial charge on any atom is 0.410 e. The number of hydrogen-bond acceptors (Lipinski definition) is 5. The Bertz CT molecular complexity index is 671. The van der Waals surface area contributed by atoms with Gasteiger partial charge in [-0.2, -0.15) is 0 Å². The van der Waals surface area contributed by atoms with Crippen molar-refractivity contribution in [2.45, 2.75) is 51.9 Å². The second kappa shape index (κ2) is 6.63. The van der Waals surface area contributed by atoms with Gasteiger partial charge in [0.25, 0.3) is 5.91 Å². The van der Waals surface area contributed by atoms with Crippen LogP contribution in [0.2, 0.25) is 0 Å². The number of fused-ring (bicyclic) bond motifs is 1. The molecule has 3 rings (SSSR count). The highest BCUT2D eigenvalue weighted by Gasteiger charge is 2.35. The molecule has 1 aromatic rings. The fourth-order valence-corrected chi connectivity index (χ4v) is 3.22. The molecule has 0 aliphatic carbocycles. The van der Waals surface area contributed by atoms with Crippen LogP contribution in [0.3, 0.4) is 0 Å². The van der Waals surface area contributed by atoms with Gasteiger partial charge in [0.2, 0.25) is 0 Å². The zero-order chi connectivity index (χ0) is 18.2. The van der Waals surface area contributed by atoms with Gasteiger partial charge in [-0.05, 0) is 39.8 Å². The quantitative estimate of drug-likeness (QED) is 0.881. The van der Waals surface area contributed by atoms with E-state index in [2.05, 4.69) is 10.3 Å². The highest BCUT2D eigenvalue weighted by molar-refractivity contribution is 5.97. The standard InChI is InChI=1S/C18H26N4O3/c1-12-8-20-13(10-22(12)17(24)25-18(2,3)4)9-21-11-15-14(16(21)23)6-5-7-19-15/h5-7,12-13,20H,8-11H2,1-4H3/t12-,13+/m1/s1. The fourth-order valence-electron chi connectivity index (χ4n) is 3.22. The smallest absolute Gasteiger partial charge is 0.410 e. The minimum absolute atomic E-state index is 0.00680. The zero-order valence-electron chi connectivity index (χ0n) is 15.3. The van der Waals surface area contributed by atoms with Gasteiger partial charge in [-0.15, -0.1) is 0 Å². The minimum atomic E-state index is -0.518. The van der Waals surface area contributed by atoms with Crippen LogP contribution in [-0.4, -0.2) is 64.1 Å². The first-order chi connectivity index (χ1) is 11.7. The number of rotatable bonds is 2. The monoisotopic (exact) mass is 346 g/mol. The average Bonchev–Trinajstić information content (AvgIpc) is 2.84. The Hall–Kier alpha value is -2.15. The zero-order valence-corrected chi connectivity index (χ0v) is 15.3. The summed E-state index contributed by atoms with van der Waals surface area (Å²) in [7, 11) is 0. The van der Waals surface area contributed by atoms with Crippen LogP contribution in [0.1, 0.15) is 43.7 Å². The molecule has 0 unspecified atom stereocenters. The first-order valence-electron chi connectivity index (χ1n) is 8.71. The Morgan fingerprint density at radius 2 is 2.20 bits per heavy atom. The lowest BCUT2D eigenvalue weighted by Gasteiger charge is -2.40. The highest BCUT2D eigenvalue weighted by Crippen LogP contribution is 2.21. The number of nitrogens with zero attached hydrogens (tertiary/aromatic N) is 3. The second-order valence-electron chi connectivity index (χ2n) is 7.77. The number of hydrogen-bond donors (Lipinski definition) is 1. The summed E-state index contributed by atoms with van der Waals surface area (Å²) in [5, 5.41) is 3.43. The number of amides is 2. The SMILES string of the molecule is C[C@@H]1CN[C@@H](CN2Cc3ncccc3C2=O)CN1C(=O)OC(C)(C)C. The Balaban J connectivity index is 1.63. The molecule has 1 N–H and O–H groups in total. The topological polar surface area (TPSA) is 74.8 Å². The lowest BCUT2D eigenvalue weighted by molar-refractivity contribution is 0.00816. The number of nitrogens with one attached hydrogen (secondary N) is 1. The van der Waals surface area contributed by atoms with Crippen molar-refractivity contribution >= 4 is 12.0 Å².